The van der Waals surface area contributed by atoms with Gasteiger partial charge in [0.2, 0.25) is 0 Å². The molecule has 0 fully saturated rings. The van der Waals surface area contributed by atoms with Crippen molar-refractivity contribution in [2.45, 2.75) is 38.9 Å². The number of benzene rings is 2. The van der Waals surface area contributed by atoms with Crippen LogP contribution < -0.4 is 0 Å². The van der Waals surface area contributed by atoms with Crippen molar-refractivity contribution in [3.05, 3.63) is 48.0 Å². The highest BCUT2D eigenvalue weighted by molar-refractivity contribution is 5.85. The van der Waals surface area contributed by atoms with Crippen LogP contribution in [0.25, 0.3) is 10.8 Å². The lowest BCUT2D eigenvalue weighted by Crippen LogP contribution is -2.27. The van der Waals surface area contributed by atoms with Gasteiger partial charge >= 0.3 is 0 Å². The third-order valence-corrected chi connectivity index (χ3v) is 3.04. The second-order valence-electron chi connectivity index (χ2n) is 5.92. The van der Waals surface area contributed by atoms with Gasteiger partial charge in [0.1, 0.15) is 0 Å². The van der Waals surface area contributed by atoms with Crippen LogP contribution in [0.4, 0.5) is 0 Å². The van der Waals surface area contributed by atoms with Crippen LogP contribution >= 0.6 is 0 Å². The molecular formula is C17H22O2. The monoisotopic (exact) mass is 258 g/mol. The maximum absolute atomic E-state index is 10.1. The fourth-order valence-corrected chi connectivity index (χ4v) is 2.13. The van der Waals surface area contributed by atoms with Crippen molar-refractivity contribution in [3.63, 3.8) is 0 Å². The molecule has 2 rings (SSSR count). The smallest absolute Gasteiger partial charge is 0.0814 e. The number of aliphatic hydroxyl groups excluding tert-OH is 1. The van der Waals surface area contributed by atoms with Gasteiger partial charge in [-0.15, -0.1) is 0 Å². The highest BCUT2D eigenvalue weighted by Gasteiger charge is 2.14. The summed E-state index contributed by atoms with van der Waals surface area (Å²) in [5, 5.41) is 12.5. The first-order chi connectivity index (χ1) is 8.96. The van der Waals surface area contributed by atoms with Gasteiger partial charge in [-0.1, -0.05) is 42.5 Å². The predicted octanol–water partition coefficient (Wildman–Crippen LogP) is 3.56. The maximum atomic E-state index is 10.1. The summed E-state index contributed by atoms with van der Waals surface area (Å²) in [6.07, 6.45) is 0.155. The number of hydrogen-bond acceptors (Lipinski definition) is 2. The predicted molar refractivity (Wildman–Crippen MR) is 79.4 cm³/mol. The fourth-order valence-electron chi connectivity index (χ4n) is 2.13. The normalized spacial score (nSPS) is 13.7. The van der Waals surface area contributed by atoms with E-state index < -0.39 is 6.10 Å². The zero-order valence-electron chi connectivity index (χ0n) is 11.9. The van der Waals surface area contributed by atoms with E-state index in [-0.39, 0.29) is 5.60 Å². The number of fused-ring (bicyclic) bond motifs is 1. The zero-order chi connectivity index (χ0) is 13.9. The Morgan fingerprint density at radius 1 is 1.05 bits per heavy atom. The Bertz CT molecular complexity index is 535. The molecule has 0 radical (unpaired) electrons. The van der Waals surface area contributed by atoms with Crippen LogP contribution in [0.3, 0.4) is 0 Å². The second-order valence-corrected chi connectivity index (χ2v) is 5.92. The molecule has 2 heteroatoms. The molecule has 0 saturated heterocycles. The van der Waals surface area contributed by atoms with Crippen LogP contribution in [0, 0.1) is 0 Å². The molecule has 1 atom stereocenters. The lowest BCUT2D eigenvalue weighted by molar-refractivity contribution is -0.0481. The van der Waals surface area contributed by atoms with Gasteiger partial charge < -0.3 is 9.84 Å². The molecule has 102 valence electrons. The molecule has 0 aliphatic rings. The third-order valence-electron chi connectivity index (χ3n) is 3.04. The minimum atomic E-state index is -0.468. The van der Waals surface area contributed by atoms with E-state index in [1.54, 1.807) is 0 Å². The first kappa shape index (κ1) is 14.0. The average molecular weight is 258 g/mol. The number of rotatable bonds is 4. The van der Waals surface area contributed by atoms with Gasteiger partial charge in [0.15, 0.2) is 0 Å². The molecule has 0 heterocycles. The van der Waals surface area contributed by atoms with Crippen LogP contribution in [0.5, 0.6) is 0 Å². The molecule has 0 aliphatic carbocycles. The van der Waals surface area contributed by atoms with E-state index in [0.717, 1.165) is 0 Å². The Hall–Kier alpha value is -1.38. The molecule has 0 amide bonds. The van der Waals surface area contributed by atoms with Crippen molar-refractivity contribution in [3.8, 4) is 0 Å². The van der Waals surface area contributed by atoms with Crippen molar-refractivity contribution < 1.29 is 9.84 Å². The van der Waals surface area contributed by atoms with Gasteiger partial charge in [-0.25, -0.2) is 0 Å². The van der Waals surface area contributed by atoms with Crippen LogP contribution in [-0.4, -0.2) is 23.4 Å². The van der Waals surface area contributed by atoms with Crippen LogP contribution in [0.2, 0.25) is 0 Å². The molecular weight excluding hydrogens is 236 g/mol. The molecule has 1 N–H and O–H groups in total. The molecule has 0 aliphatic heterocycles. The minimum absolute atomic E-state index is 0.209. The van der Waals surface area contributed by atoms with Gasteiger partial charge in [0.25, 0.3) is 0 Å². The van der Waals surface area contributed by atoms with E-state index >= 15 is 0 Å². The summed E-state index contributed by atoms with van der Waals surface area (Å²) in [6.45, 7) is 6.36. The van der Waals surface area contributed by atoms with Crippen molar-refractivity contribution in [2.75, 3.05) is 6.61 Å². The summed E-state index contributed by atoms with van der Waals surface area (Å²) >= 11 is 0. The van der Waals surface area contributed by atoms with E-state index in [2.05, 4.69) is 24.3 Å². The zero-order valence-corrected chi connectivity index (χ0v) is 11.9. The van der Waals surface area contributed by atoms with E-state index in [4.69, 9.17) is 4.74 Å². The summed E-state index contributed by atoms with van der Waals surface area (Å²) in [6, 6.07) is 14.5. The highest BCUT2D eigenvalue weighted by Crippen LogP contribution is 2.20. The van der Waals surface area contributed by atoms with Crippen molar-refractivity contribution in [1.29, 1.82) is 0 Å². The Morgan fingerprint density at radius 3 is 2.47 bits per heavy atom. The van der Waals surface area contributed by atoms with Gasteiger partial charge in [-0.05, 0) is 37.1 Å². The molecule has 19 heavy (non-hydrogen) atoms. The largest absolute Gasteiger partial charge is 0.390 e. The van der Waals surface area contributed by atoms with Gasteiger partial charge in [-0.2, -0.15) is 0 Å². The van der Waals surface area contributed by atoms with E-state index in [9.17, 15) is 5.11 Å². The van der Waals surface area contributed by atoms with Crippen molar-refractivity contribution in [2.24, 2.45) is 0 Å². The van der Waals surface area contributed by atoms with E-state index in [1.165, 1.54) is 16.3 Å². The molecule has 2 nitrogen and oxygen atoms in total. The number of hydrogen-bond donors (Lipinski definition) is 1. The third kappa shape index (κ3) is 4.05. The average Bonchev–Trinajstić information content (AvgIpc) is 2.36. The summed E-state index contributed by atoms with van der Waals surface area (Å²) in [7, 11) is 0. The maximum Gasteiger partial charge on any atom is 0.0814 e. The van der Waals surface area contributed by atoms with Gasteiger partial charge in [0.05, 0.1) is 18.3 Å². The molecule has 2 aromatic rings. The standard InChI is InChI=1S/C17H22O2/c1-17(2,3)19-12-15(18)11-14-9-6-8-13-7-4-5-10-16(13)14/h4-10,15,18H,11-12H2,1-3H3. The number of ether oxygens (including phenoxy) is 1. The SMILES string of the molecule is CC(C)(C)OCC(O)Cc1cccc2ccccc12. The van der Waals surface area contributed by atoms with Crippen LogP contribution in [-0.2, 0) is 11.2 Å². The molecule has 0 saturated carbocycles. The minimum Gasteiger partial charge on any atom is -0.390 e. The van der Waals surface area contributed by atoms with Crippen LogP contribution in [0.15, 0.2) is 42.5 Å². The Morgan fingerprint density at radius 2 is 1.74 bits per heavy atom. The summed E-state index contributed by atoms with van der Waals surface area (Å²) in [4.78, 5) is 0. The lowest BCUT2D eigenvalue weighted by atomic mass is 10.00. The van der Waals surface area contributed by atoms with Crippen molar-refractivity contribution in [1.82, 2.24) is 0 Å². The second kappa shape index (κ2) is 5.72. The summed E-state index contributed by atoms with van der Waals surface area (Å²) < 4.78 is 5.63. The molecule has 0 aromatic heterocycles. The Kier molecular flexibility index (Phi) is 4.23. The van der Waals surface area contributed by atoms with E-state index in [0.29, 0.717) is 13.0 Å². The first-order valence-corrected chi connectivity index (χ1v) is 6.74. The van der Waals surface area contributed by atoms with Crippen LogP contribution in [0.1, 0.15) is 26.3 Å². The van der Waals surface area contributed by atoms with Gasteiger partial charge in [0, 0.05) is 6.42 Å². The van der Waals surface area contributed by atoms with E-state index in [1.807, 2.05) is 39.0 Å². The molecule has 2 aromatic carbocycles. The van der Waals surface area contributed by atoms with Crippen molar-refractivity contribution >= 4 is 10.8 Å². The molecule has 0 bridgehead atoms. The topological polar surface area (TPSA) is 29.5 Å². The summed E-state index contributed by atoms with van der Waals surface area (Å²) in [5.41, 5.74) is 0.961. The Labute approximate surface area is 115 Å². The number of aliphatic hydroxyl groups is 1. The lowest BCUT2D eigenvalue weighted by Gasteiger charge is -2.22. The first-order valence-electron chi connectivity index (χ1n) is 6.74. The molecule has 0 spiro atoms. The summed E-state index contributed by atoms with van der Waals surface area (Å²) in [5.74, 6) is 0. The van der Waals surface area contributed by atoms with Gasteiger partial charge in [-0.3, -0.25) is 0 Å². The highest BCUT2D eigenvalue weighted by atomic mass is 16.5. The Balaban J connectivity index is 2.09. The fraction of sp³-hybridized carbons (Fsp3) is 0.412. The quantitative estimate of drug-likeness (QED) is 0.908. The molecule has 1 unspecified atom stereocenters.